The van der Waals surface area contributed by atoms with Crippen LogP contribution in [0.5, 0.6) is 11.5 Å². The van der Waals surface area contributed by atoms with Crippen LogP contribution in [0, 0.1) is 6.92 Å². The van der Waals surface area contributed by atoms with Crippen molar-refractivity contribution in [2.75, 3.05) is 13.2 Å². The molecule has 0 aliphatic carbocycles. The summed E-state index contributed by atoms with van der Waals surface area (Å²) in [4.78, 5) is 0. The Hall–Kier alpha value is -2.00. The Morgan fingerprint density at radius 2 is 1.36 bits per heavy atom. The van der Waals surface area contributed by atoms with Crippen molar-refractivity contribution < 1.29 is 9.47 Å². The first-order valence-corrected chi connectivity index (χ1v) is 7.87. The van der Waals surface area contributed by atoms with Gasteiger partial charge < -0.3 is 14.8 Å². The van der Waals surface area contributed by atoms with Crippen LogP contribution in [0.1, 0.15) is 30.5 Å². The van der Waals surface area contributed by atoms with Crippen molar-refractivity contribution in [2.24, 2.45) is 0 Å². The van der Waals surface area contributed by atoms with Gasteiger partial charge in [0.2, 0.25) is 0 Å². The summed E-state index contributed by atoms with van der Waals surface area (Å²) in [7, 11) is 0. The van der Waals surface area contributed by atoms with Gasteiger partial charge in [0.25, 0.3) is 0 Å². The van der Waals surface area contributed by atoms with E-state index in [4.69, 9.17) is 9.47 Å². The van der Waals surface area contributed by atoms with Crippen LogP contribution in [0.25, 0.3) is 0 Å². The van der Waals surface area contributed by atoms with Crippen molar-refractivity contribution in [3.05, 3.63) is 59.2 Å². The zero-order valence-corrected chi connectivity index (χ0v) is 13.7. The molecule has 0 unspecified atom stereocenters. The average Bonchev–Trinajstić information content (AvgIpc) is 2.52. The number of nitrogens with one attached hydrogen (secondary N) is 1. The molecule has 2 rings (SSSR count). The van der Waals surface area contributed by atoms with Crippen LogP contribution in [0.2, 0.25) is 0 Å². The van der Waals surface area contributed by atoms with E-state index in [2.05, 4.69) is 48.6 Å². The summed E-state index contributed by atoms with van der Waals surface area (Å²) < 4.78 is 11.2. The third-order valence-corrected chi connectivity index (χ3v) is 3.39. The molecule has 2 aromatic rings. The zero-order valence-electron chi connectivity index (χ0n) is 13.7. The molecule has 0 aliphatic rings. The van der Waals surface area contributed by atoms with Crippen LogP contribution >= 0.6 is 0 Å². The first-order valence-electron chi connectivity index (χ1n) is 7.87. The number of hydrogen-bond donors (Lipinski definition) is 1. The maximum atomic E-state index is 5.66. The van der Waals surface area contributed by atoms with E-state index < -0.39 is 0 Å². The van der Waals surface area contributed by atoms with E-state index in [1.807, 2.05) is 19.9 Å². The standard InChI is InChI=1S/C19H25NO2/c1-4-21-18-11-10-17(12-19(18)22-5-2)14-20-13-16-8-6-15(3)7-9-16/h6-12,20H,4-5,13-14H2,1-3H3. The molecule has 1 N–H and O–H groups in total. The van der Waals surface area contributed by atoms with E-state index in [0.29, 0.717) is 13.2 Å². The minimum atomic E-state index is 0.639. The maximum Gasteiger partial charge on any atom is 0.161 e. The molecule has 3 nitrogen and oxygen atoms in total. The zero-order chi connectivity index (χ0) is 15.8. The molecule has 0 amide bonds. The fraction of sp³-hybridized carbons (Fsp3) is 0.368. The predicted molar refractivity (Wildman–Crippen MR) is 90.5 cm³/mol. The highest BCUT2D eigenvalue weighted by Crippen LogP contribution is 2.28. The van der Waals surface area contributed by atoms with Crippen LogP contribution in [0.15, 0.2) is 42.5 Å². The van der Waals surface area contributed by atoms with Crippen molar-refractivity contribution in [1.29, 1.82) is 0 Å². The third kappa shape index (κ3) is 4.78. The Labute approximate surface area is 133 Å². The Kier molecular flexibility index (Phi) is 6.28. The van der Waals surface area contributed by atoms with Crippen LogP contribution < -0.4 is 14.8 Å². The van der Waals surface area contributed by atoms with E-state index in [1.54, 1.807) is 0 Å². The van der Waals surface area contributed by atoms with E-state index in [9.17, 15) is 0 Å². The minimum Gasteiger partial charge on any atom is -0.490 e. The predicted octanol–water partition coefficient (Wildman–Crippen LogP) is 4.08. The molecule has 0 saturated heterocycles. The number of aryl methyl sites for hydroxylation is 1. The molecule has 0 fully saturated rings. The second-order valence-electron chi connectivity index (χ2n) is 5.24. The average molecular weight is 299 g/mol. The lowest BCUT2D eigenvalue weighted by atomic mass is 10.1. The first kappa shape index (κ1) is 16.4. The molecule has 0 aliphatic heterocycles. The molecule has 0 aromatic heterocycles. The molecule has 118 valence electrons. The van der Waals surface area contributed by atoms with Crippen LogP contribution in [0.3, 0.4) is 0 Å². The Bertz CT molecular complexity index is 578. The molecule has 22 heavy (non-hydrogen) atoms. The van der Waals surface area contributed by atoms with Crippen molar-refractivity contribution >= 4 is 0 Å². The summed E-state index contributed by atoms with van der Waals surface area (Å²) in [6.45, 7) is 9.01. The van der Waals surface area contributed by atoms with E-state index >= 15 is 0 Å². The molecule has 3 heteroatoms. The summed E-state index contributed by atoms with van der Waals surface area (Å²) >= 11 is 0. The summed E-state index contributed by atoms with van der Waals surface area (Å²) in [6, 6.07) is 14.7. The van der Waals surface area contributed by atoms with E-state index in [-0.39, 0.29) is 0 Å². The molecule has 2 aromatic carbocycles. The second-order valence-corrected chi connectivity index (χ2v) is 5.24. The van der Waals surface area contributed by atoms with Gasteiger partial charge in [-0.1, -0.05) is 35.9 Å². The quantitative estimate of drug-likeness (QED) is 0.796. The van der Waals surface area contributed by atoms with Crippen LogP contribution in [-0.2, 0) is 13.1 Å². The SMILES string of the molecule is CCOc1ccc(CNCc2ccc(C)cc2)cc1OCC. The Morgan fingerprint density at radius 3 is 2.05 bits per heavy atom. The topological polar surface area (TPSA) is 30.5 Å². The highest BCUT2D eigenvalue weighted by molar-refractivity contribution is 5.43. The molecule has 0 atom stereocenters. The lowest BCUT2D eigenvalue weighted by molar-refractivity contribution is 0.287. The molecule has 0 radical (unpaired) electrons. The van der Waals surface area contributed by atoms with Crippen LogP contribution in [-0.4, -0.2) is 13.2 Å². The van der Waals surface area contributed by atoms with Gasteiger partial charge in [0, 0.05) is 13.1 Å². The van der Waals surface area contributed by atoms with Gasteiger partial charge in [0.05, 0.1) is 13.2 Å². The van der Waals surface area contributed by atoms with Gasteiger partial charge in [0.15, 0.2) is 11.5 Å². The molecular formula is C19H25NO2. The van der Waals surface area contributed by atoms with Crippen molar-refractivity contribution in [3.63, 3.8) is 0 Å². The van der Waals surface area contributed by atoms with Crippen molar-refractivity contribution in [3.8, 4) is 11.5 Å². The number of benzene rings is 2. The number of ether oxygens (including phenoxy) is 2. The smallest absolute Gasteiger partial charge is 0.161 e. The van der Waals surface area contributed by atoms with Crippen molar-refractivity contribution in [1.82, 2.24) is 5.32 Å². The maximum absolute atomic E-state index is 5.66. The molecular weight excluding hydrogens is 274 g/mol. The highest BCUT2D eigenvalue weighted by Gasteiger charge is 2.06. The first-order chi connectivity index (χ1) is 10.7. The number of hydrogen-bond acceptors (Lipinski definition) is 3. The van der Waals surface area contributed by atoms with Gasteiger partial charge in [-0.25, -0.2) is 0 Å². The van der Waals surface area contributed by atoms with Crippen molar-refractivity contribution in [2.45, 2.75) is 33.9 Å². The summed E-state index contributed by atoms with van der Waals surface area (Å²) in [5.41, 5.74) is 3.78. The minimum absolute atomic E-state index is 0.639. The largest absolute Gasteiger partial charge is 0.490 e. The Morgan fingerprint density at radius 1 is 0.773 bits per heavy atom. The van der Waals surface area contributed by atoms with Gasteiger partial charge in [-0.2, -0.15) is 0 Å². The lowest BCUT2D eigenvalue weighted by Crippen LogP contribution is -2.12. The summed E-state index contributed by atoms with van der Waals surface area (Å²) in [6.07, 6.45) is 0. The highest BCUT2D eigenvalue weighted by atomic mass is 16.5. The van der Waals surface area contributed by atoms with Gasteiger partial charge in [-0.05, 0) is 44.0 Å². The summed E-state index contributed by atoms with van der Waals surface area (Å²) in [5, 5.41) is 3.46. The number of rotatable bonds is 8. The van der Waals surface area contributed by atoms with Crippen LogP contribution in [0.4, 0.5) is 0 Å². The molecule has 0 heterocycles. The van der Waals surface area contributed by atoms with E-state index in [1.165, 1.54) is 16.7 Å². The molecule has 0 bridgehead atoms. The van der Waals surface area contributed by atoms with Gasteiger partial charge in [-0.3, -0.25) is 0 Å². The molecule has 0 saturated carbocycles. The monoisotopic (exact) mass is 299 g/mol. The third-order valence-electron chi connectivity index (χ3n) is 3.39. The molecule has 0 spiro atoms. The van der Waals surface area contributed by atoms with Gasteiger partial charge in [0.1, 0.15) is 0 Å². The van der Waals surface area contributed by atoms with Gasteiger partial charge >= 0.3 is 0 Å². The summed E-state index contributed by atoms with van der Waals surface area (Å²) in [5.74, 6) is 1.63. The van der Waals surface area contributed by atoms with E-state index in [0.717, 1.165) is 24.6 Å². The Balaban J connectivity index is 1.94. The second kappa shape index (κ2) is 8.44. The normalized spacial score (nSPS) is 10.5. The van der Waals surface area contributed by atoms with Gasteiger partial charge in [-0.15, -0.1) is 0 Å². The fourth-order valence-electron chi connectivity index (χ4n) is 2.26. The lowest BCUT2D eigenvalue weighted by Gasteiger charge is -2.13. The fourth-order valence-corrected chi connectivity index (χ4v) is 2.26.